The highest BCUT2D eigenvalue weighted by Gasteiger charge is 2.17. The molecule has 1 nitrogen and oxygen atoms in total. The predicted molar refractivity (Wildman–Crippen MR) is 74.3 cm³/mol. The molecule has 90 valence electrons. The zero-order valence-electron chi connectivity index (χ0n) is 9.50. The molecule has 1 N–H and O–H groups in total. The minimum atomic E-state index is -0.709. The Morgan fingerprint density at radius 3 is 2.41 bits per heavy atom. The molecule has 1 aromatic heterocycles. The summed E-state index contributed by atoms with van der Waals surface area (Å²) < 4.78 is 0. The number of aliphatic hydroxyl groups is 1. The first-order chi connectivity index (χ1) is 8.00. The van der Waals surface area contributed by atoms with Gasteiger partial charge in [-0.05, 0) is 42.0 Å². The zero-order chi connectivity index (χ0) is 12.6. The fourth-order valence-electron chi connectivity index (χ4n) is 1.56. The molecule has 2 aromatic rings. The minimum Gasteiger partial charge on any atom is -0.383 e. The molecule has 1 aromatic carbocycles. The normalized spacial score (nSPS) is 12.8. The number of aliphatic hydroxyl groups excluding tert-OH is 1. The predicted octanol–water partition coefficient (Wildman–Crippen LogP) is 4.75. The van der Waals surface area contributed by atoms with E-state index in [1.165, 1.54) is 11.3 Å². The van der Waals surface area contributed by atoms with Crippen molar-refractivity contribution in [3.05, 3.63) is 55.2 Å². The number of aryl methyl sites for hydroxylation is 2. The van der Waals surface area contributed by atoms with E-state index < -0.39 is 6.10 Å². The number of hydrogen-bond donors (Lipinski definition) is 1. The van der Waals surface area contributed by atoms with Gasteiger partial charge in [-0.25, -0.2) is 0 Å². The van der Waals surface area contributed by atoms with E-state index in [-0.39, 0.29) is 0 Å². The molecule has 4 heteroatoms. The van der Waals surface area contributed by atoms with E-state index in [4.69, 9.17) is 23.2 Å². The van der Waals surface area contributed by atoms with E-state index in [0.717, 1.165) is 21.6 Å². The summed E-state index contributed by atoms with van der Waals surface area (Å²) in [6, 6.07) is 5.56. The lowest BCUT2D eigenvalue weighted by Crippen LogP contribution is -1.98. The number of rotatable bonds is 2. The fourth-order valence-corrected chi connectivity index (χ4v) is 3.06. The van der Waals surface area contributed by atoms with Crippen molar-refractivity contribution in [2.75, 3.05) is 0 Å². The molecule has 0 saturated carbocycles. The molecule has 0 saturated heterocycles. The van der Waals surface area contributed by atoms with Crippen LogP contribution in [0.25, 0.3) is 0 Å². The van der Waals surface area contributed by atoms with Gasteiger partial charge in [0.1, 0.15) is 6.10 Å². The smallest absolute Gasteiger partial charge is 0.115 e. The van der Waals surface area contributed by atoms with Crippen molar-refractivity contribution in [2.45, 2.75) is 20.0 Å². The molecule has 0 fully saturated rings. The standard InChI is InChI=1S/C13H12Cl2OS/c1-7-3-4-9(5-10(7)14)12(16)13-11(15)8(2)6-17-13/h3-6,12,16H,1-2H3. The van der Waals surface area contributed by atoms with Crippen LogP contribution in [0.1, 0.15) is 27.7 Å². The fraction of sp³-hybridized carbons (Fsp3) is 0.231. The van der Waals surface area contributed by atoms with E-state index in [0.29, 0.717) is 10.0 Å². The zero-order valence-corrected chi connectivity index (χ0v) is 11.8. The lowest BCUT2D eigenvalue weighted by Gasteiger charge is -2.11. The van der Waals surface area contributed by atoms with Crippen molar-refractivity contribution < 1.29 is 5.11 Å². The summed E-state index contributed by atoms with van der Waals surface area (Å²) in [5.41, 5.74) is 2.75. The quantitative estimate of drug-likeness (QED) is 0.844. The van der Waals surface area contributed by atoms with Gasteiger partial charge in [-0.1, -0.05) is 35.3 Å². The van der Waals surface area contributed by atoms with E-state index in [1.54, 1.807) is 6.07 Å². The number of benzene rings is 1. The van der Waals surface area contributed by atoms with Crippen LogP contribution in [-0.2, 0) is 0 Å². The highest BCUT2D eigenvalue weighted by atomic mass is 35.5. The molecule has 0 radical (unpaired) electrons. The molecular weight excluding hydrogens is 275 g/mol. The van der Waals surface area contributed by atoms with Crippen molar-refractivity contribution >= 4 is 34.5 Å². The Bertz CT molecular complexity index is 548. The third-order valence-electron chi connectivity index (χ3n) is 2.69. The van der Waals surface area contributed by atoms with Crippen LogP contribution in [0.3, 0.4) is 0 Å². The number of thiophene rings is 1. The molecular formula is C13H12Cl2OS. The molecule has 1 heterocycles. The minimum absolute atomic E-state index is 0.638. The van der Waals surface area contributed by atoms with Crippen LogP contribution >= 0.6 is 34.5 Å². The Balaban J connectivity index is 2.40. The second-order valence-electron chi connectivity index (χ2n) is 4.01. The summed E-state index contributed by atoms with van der Waals surface area (Å²) in [5, 5.41) is 13.5. The molecule has 0 bridgehead atoms. The van der Waals surface area contributed by atoms with Crippen molar-refractivity contribution in [1.82, 2.24) is 0 Å². The van der Waals surface area contributed by atoms with Gasteiger partial charge in [0.25, 0.3) is 0 Å². The van der Waals surface area contributed by atoms with Gasteiger partial charge in [-0.3, -0.25) is 0 Å². The van der Waals surface area contributed by atoms with Crippen molar-refractivity contribution in [3.63, 3.8) is 0 Å². The highest BCUT2D eigenvalue weighted by molar-refractivity contribution is 7.10. The molecule has 0 aliphatic heterocycles. The Morgan fingerprint density at radius 1 is 1.18 bits per heavy atom. The molecule has 17 heavy (non-hydrogen) atoms. The van der Waals surface area contributed by atoms with Gasteiger partial charge in [0, 0.05) is 5.02 Å². The summed E-state index contributed by atoms with van der Waals surface area (Å²) in [4.78, 5) is 0.768. The maximum absolute atomic E-state index is 10.3. The maximum atomic E-state index is 10.3. The van der Waals surface area contributed by atoms with Crippen LogP contribution < -0.4 is 0 Å². The summed E-state index contributed by atoms with van der Waals surface area (Å²) in [6.45, 7) is 3.86. The van der Waals surface area contributed by atoms with Crippen molar-refractivity contribution in [1.29, 1.82) is 0 Å². The summed E-state index contributed by atoms with van der Waals surface area (Å²) in [5.74, 6) is 0. The van der Waals surface area contributed by atoms with E-state index in [2.05, 4.69) is 0 Å². The third kappa shape index (κ3) is 2.50. The van der Waals surface area contributed by atoms with E-state index in [1.807, 2.05) is 31.4 Å². The molecule has 1 unspecified atom stereocenters. The van der Waals surface area contributed by atoms with E-state index >= 15 is 0 Å². The van der Waals surface area contributed by atoms with Crippen LogP contribution in [0.2, 0.25) is 10.0 Å². The van der Waals surface area contributed by atoms with Crippen LogP contribution in [0.5, 0.6) is 0 Å². The van der Waals surface area contributed by atoms with Crippen LogP contribution in [0, 0.1) is 13.8 Å². The SMILES string of the molecule is Cc1ccc(C(O)c2scc(C)c2Cl)cc1Cl. The average Bonchev–Trinajstić information content (AvgIpc) is 2.63. The second kappa shape index (κ2) is 4.99. The molecule has 0 aliphatic rings. The summed E-state index contributed by atoms with van der Waals surface area (Å²) in [6.07, 6.45) is -0.709. The highest BCUT2D eigenvalue weighted by Crippen LogP contribution is 2.36. The Kier molecular flexibility index (Phi) is 3.79. The van der Waals surface area contributed by atoms with Gasteiger partial charge in [0.2, 0.25) is 0 Å². The van der Waals surface area contributed by atoms with Gasteiger partial charge < -0.3 is 5.11 Å². The summed E-state index contributed by atoms with van der Waals surface area (Å²) in [7, 11) is 0. The Morgan fingerprint density at radius 2 is 1.88 bits per heavy atom. The first-order valence-electron chi connectivity index (χ1n) is 5.18. The number of halogens is 2. The van der Waals surface area contributed by atoms with Gasteiger partial charge in [-0.2, -0.15) is 0 Å². The van der Waals surface area contributed by atoms with Crippen molar-refractivity contribution in [3.8, 4) is 0 Å². The average molecular weight is 287 g/mol. The molecule has 1 atom stereocenters. The molecule has 0 amide bonds. The van der Waals surface area contributed by atoms with Gasteiger partial charge in [-0.15, -0.1) is 11.3 Å². The van der Waals surface area contributed by atoms with Crippen LogP contribution in [-0.4, -0.2) is 5.11 Å². The topological polar surface area (TPSA) is 20.2 Å². The van der Waals surface area contributed by atoms with E-state index in [9.17, 15) is 5.11 Å². The molecule has 0 spiro atoms. The first kappa shape index (κ1) is 12.9. The second-order valence-corrected chi connectivity index (χ2v) is 5.70. The maximum Gasteiger partial charge on any atom is 0.115 e. The van der Waals surface area contributed by atoms with Crippen molar-refractivity contribution in [2.24, 2.45) is 0 Å². The molecule has 0 aliphatic carbocycles. The number of hydrogen-bond acceptors (Lipinski definition) is 2. The van der Waals surface area contributed by atoms with Gasteiger partial charge in [0.15, 0.2) is 0 Å². The van der Waals surface area contributed by atoms with Gasteiger partial charge >= 0.3 is 0 Å². The van der Waals surface area contributed by atoms with Crippen LogP contribution in [0.4, 0.5) is 0 Å². The van der Waals surface area contributed by atoms with Gasteiger partial charge in [0.05, 0.1) is 9.90 Å². The van der Waals surface area contributed by atoms with Crippen LogP contribution in [0.15, 0.2) is 23.6 Å². The molecule has 2 rings (SSSR count). The Labute approximate surface area is 115 Å². The Hall–Kier alpha value is -0.540. The summed E-state index contributed by atoms with van der Waals surface area (Å²) >= 11 is 13.7. The first-order valence-corrected chi connectivity index (χ1v) is 6.82. The third-order valence-corrected chi connectivity index (χ3v) is 4.86. The monoisotopic (exact) mass is 286 g/mol. The largest absolute Gasteiger partial charge is 0.383 e. The lowest BCUT2D eigenvalue weighted by atomic mass is 10.1. The lowest BCUT2D eigenvalue weighted by molar-refractivity contribution is 0.224.